The Labute approximate surface area is 104 Å². The summed E-state index contributed by atoms with van der Waals surface area (Å²) < 4.78 is 5.40. The number of anilines is 1. The third-order valence-electron chi connectivity index (χ3n) is 2.94. The van der Waals surface area contributed by atoms with Crippen LogP contribution in [-0.2, 0) is 13.1 Å². The highest BCUT2D eigenvalue weighted by molar-refractivity contribution is 7.13. The van der Waals surface area contributed by atoms with E-state index in [2.05, 4.69) is 9.88 Å². The first-order valence-corrected chi connectivity index (χ1v) is 6.65. The highest BCUT2D eigenvalue weighted by Gasteiger charge is 2.29. The summed E-state index contributed by atoms with van der Waals surface area (Å²) in [6, 6.07) is 4.63. The second-order valence-electron chi connectivity index (χ2n) is 4.39. The summed E-state index contributed by atoms with van der Waals surface area (Å²) in [7, 11) is 0. The maximum atomic E-state index is 5.65. The monoisotopic (exact) mass is 249 g/mol. The van der Waals surface area contributed by atoms with Crippen LogP contribution in [0.1, 0.15) is 24.3 Å². The molecule has 0 aliphatic heterocycles. The normalized spacial score (nSPS) is 15.6. The van der Waals surface area contributed by atoms with Gasteiger partial charge in [0.2, 0.25) is 0 Å². The van der Waals surface area contributed by atoms with Gasteiger partial charge in [0.25, 0.3) is 0 Å². The van der Waals surface area contributed by atoms with Crippen LogP contribution in [0.5, 0.6) is 0 Å². The number of hydrogen-bond acceptors (Lipinski definition) is 5. The number of hydrogen-bond donors (Lipinski definition) is 1. The van der Waals surface area contributed by atoms with E-state index in [-0.39, 0.29) is 0 Å². The molecule has 5 heteroatoms. The Morgan fingerprint density at radius 2 is 2.35 bits per heavy atom. The SMILES string of the molecule is Nc1nc(CN(Cc2ccco2)C2CC2)cs1. The molecule has 0 saturated heterocycles. The molecule has 4 nitrogen and oxygen atoms in total. The van der Waals surface area contributed by atoms with E-state index >= 15 is 0 Å². The summed E-state index contributed by atoms with van der Waals surface area (Å²) in [5.41, 5.74) is 6.71. The highest BCUT2D eigenvalue weighted by Crippen LogP contribution is 2.30. The first-order valence-electron chi connectivity index (χ1n) is 5.77. The van der Waals surface area contributed by atoms with E-state index in [0.29, 0.717) is 11.2 Å². The quantitative estimate of drug-likeness (QED) is 0.884. The first kappa shape index (κ1) is 10.8. The molecule has 3 rings (SSSR count). The summed E-state index contributed by atoms with van der Waals surface area (Å²) in [4.78, 5) is 6.72. The van der Waals surface area contributed by atoms with Crippen molar-refractivity contribution in [2.24, 2.45) is 0 Å². The Morgan fingerprint density at radius 1 is 1.47 bits per heavy atom. The lowest BCUT2D eigenvalue weighted by Gasteiger charge is -2.19. The van der Waals surface area contributed by atoms with Gasteiger partial charge >= 0.3 is 0 Å². The molecule has 2 aromatic rings. The van der Waals surface area contributed by atoms with Gasteiger partial charge in [0, 0.05) is 18.0 Å². The zero-order chi connectivity index (χ0) is 11.7. The number of nitrogen functional groups attached to an aromatic ring is 1. The first-order chi connectivity index (χ1) is 8.31. The van der Waals surface area contributed by atoms with E-state index in [1.165, 1.54) is 24.2 Å². The van der Waals surface area contributed by atoms with Crippen molar-refractivity contribution in [2.75, 3.05) is 5.73 Å². The summed E-state index contributed by atoms with van der Waals surface area (Å²) in [6.45, 7) is 1.72. The maximum absolute atomic E-state index is 5.65. The Kier molecular flexibility index (Phi) is 2.86. The largest absolute Gasteiger partial charge is 0.468 e. The second kappa shape index (κ2) is 4.50. The van der Waals surface area contributed by atoms with Crippen LogP contribution in [0.15, 0.2) is 28.2 Å². The lowest BCUT2D eigenvalue weighted by atomic mass is 10.3. The number of thiazole rings is 1. The van der Waals surface area contributed by atoms with Gasteiger partial charge < -0.3 is 10.2 Å². The molecule has 0 radical (unpaired) electrons. The van der Waals surface area contributed by atoms with Gasteiger partial charge in [0.1, 0.15) is 5.76 Å². The van der Waals surface area contributed by atoms with E-state index < -0.39 is 0 Å². The number of furan rings is 1. The van der Waals surface area contributed by atoms with Crippen molar-refractivity contribution in [3.05, 3.63) is 35.2 Å². The Balaban J connectivity index is 1.68. The third-order valence-corrected chi connectivity index (χ3v) is 3.66. The van der Waals surface area contributed by atoms with Crippen LogP contribution in [0.3, 0.4) is 0 Å². The van der Waals surface area contributed by atoms with Gasteiger partial charge in [-0.2, -0.15) is 0 Å². The molecular weight excluding hydrogens is 234 g/mol. The zero-order valence-corrected chi connectivity index (χ0v) is 10.3. The van der Waals surface area contributed by atoms with Crippen LogP contribution in [0.2, 0.25) is 0 Å². The van der Waals surface area contributed by atoms with Gasteiger partial charge in [-0.3, -0.25) is 4.90 Å². The summed E-state index contributed by atoms with van der Waals surface area (Å²) >= 11 is 1.50. The van der Waals surface area contributed by atoms with Crippen LogP contribution in [0.25, 0.3) is 0 Å². The fourth-order valence-corrected chi connectivity index (χ4v) is 2.51. The number of nitrogens with zero attached hydrogens (tertiary/aromatic N) is 2. The summed E-state index contributed by atoms with van der Waals surface area (Å²) in [5, 5.41) is 2.68. The Hall–Kier alpha value is -1.33. The minimum atomic E-state index is 0.647. The van der Waals surface area contributed by atoms with Gasteiger partial charge in [0.05, 0.1) is 18.5 Å². The fraction of sp³-hybridized carbons (Fsp3) is 0.417. The van der Waals surface area contributed by atoms with Gasteiger partial charge in [-0.05, 0) is 25.0 Å². The van der Waals surface area contributed by atoms with Crippen LogP contribution in [-0.4, -0.2) is 15.9 Å². The van der Waals surface area contributed by atoms with Crippen molar-refractivity contribution < 1.29 is 4.42 Å². The number of nitrogens with two attached hydrogens (primary N) is 1. The van der Waals surface area contributed by atoms with Crippen molar-refractivity contribution in [1.82, 2.24) is 9.88 Å². The Morgan fingerprint density at radius 3 is 2.94 bits per heavy atom. The standard InChI is InChI=1S/C12H15N3OS/c13-12-14-9(8-17-12)6-15(10-3-4-10)7-11-2-1-5-16-11/h1-2,5,8,10H,3-4,6-7H2,(H2,13,14). The molecule has 90 valence electrons. The molecule has 0 bridgehead atoms. The summed E-state index contributed by atoms with van der Waals surface area (Å²) in [5.74, 6) is 1.01. The van der Waals surface area contributed by atoms with E-state index in [4.69, 9.17) is 10.2 Å². The second-order valence-corrected chi connectivity index (χ2v) is 5.28. The summed E-state index contributed by atoms with van der Waals surface area (Å²) in [6.07, 6.45) is 4.28. The zero-order valence-electron chi connectivity index (χ0n) is 9.50. The molecule has 0 spiro atoms. The van der Waals surface area contributed by atoms with Crippen molar-refractivity contribution in [3.8, 4) is 0 Å². The third kappa shape index (κ3) is 2.68. The molecule has 0 amide bonds. The predicted octanol–water partition coefficient (Wildman–Crippen LogP) is 2.48. The maximum Gasteiger partial charge on any atom is 0.180 e. The lowest BCUT2D eigenvalue weighted by molar-refractivity contribution is 0.223. The van der Waals surface area contributed by atoms with Crippen LogP contribution in [0.4, 0.5) is 5.13 Å². The van der Waals surface area contributed by atoms with E-state index in [1.807, 2.05) is 17.5 Å². The topological polar surface area (TPSA) is 55.3 Å². The Bertz CT molecular complexity index is 476. The minimum Gasteiger partial charge on any atom is -0.468 e. The van der Waals surface area contributed by atoms with Gasteiger partial charge in [-0.25, -0.2) is 4.98 Å². The minimum absolute atomic E-state index is 0.647. The molecule has 2 N–H and O–H groups in total. The van der Waals surface area contributed by atoms with Crippen LogP contribution >= 0.6 is 11.3 Å². The molecule has 2 heterocycles. The molecule has 1 aliphatic rings. The average molecular weight is 249 g/mol. The van der Waals surface area contributed by atoms with Crippen molar-refractivity contribution in [1.29, 1.82) is 0 Å². The molecule has 0 atom stereocenters. The molecular formula is C12H15N3OS. The smallest absolute Gasteiger partial charge is 0.180 e. The van der Waals surface area contributed by atoms with Crippen LogP contribution in [0, 0.1) is 0 Å². The van der Waals surface area contributed by atoms with Crippen LogP contribution < -0.4 is 5.73 Å². The van der Waals surface area contributed by atoms with Crippen molar-refractivity contribution >= 4 is 16.5 Å². The predicted molar refractivity (Wildman–Crippen MR) is 67.5 cm³/mol. The molecule has 1 aliphatic carbocycles. The molecule has 0 unspecified atom stereocenters. The van der Waals surface area contributed by atoms with E-state index in [1.54, 1.807) is 6.26 Å². The average Bonchev–Trinajstić information content (AvgIpc) is 2.89. The molecule has 2 aromatic heterocycles. The van der Waals surface area contributed by atoms with E-state index in [0.717, 1.165) is 24.5 Å². The van der Waals surface area contributed by atoms with Gasteiger partial charge in [-0.1, -0.05) is 0 Å². The van der Waals surface area contributed by atoms with E-state index in [9.17, 15) is 0 Å². The van der Waals surface area contributed by atoms with Gasteiger partial charge in [0.15, 0.2) is 5.13 Å². The van der Waals surface area contributed by atoms with Gasteiger partial charge in [-0.15, -0.1) is 11.3 Å². The fourth-order valence-electron chi connectivity index (χ4n) is 1.96. The lowest BCUT2D eigenvalue weighted by Crippen LogP contribution is -2.25. The molecule has 1 fully saturated rings. The number of rotatable bonds is 5. The molecule has 0 aromatic carbocycles. The number of aromatic nitrogens is 1. The molecule has 17 heavy (non-hydrogen) atoms. The molecule has 1 saturated carbocycles. The van der Waals surface area contributed by atoms with Crippen molar-refractivity contribution in [2.45, 2.75) is 32.0 Å². The van der Waals surface area contributed by atoms with Crippen molar-refractivity contribution in [3.63, 3.8) is 0 Å². The highest BCUT2D eigenvalue weighted by atomic mass is 32.1.